The van der Waals surface area contributed by atoms with Gasteiger partial charge in [0.1, 0.15) is 6.54 Å². The predicted molar refractivity (Wildman–Crippen MR) is 62.4 cm³/mol. The number of aliphatic carboxylic acids is 1. The van der Waals surface area contributed by atoms with Gasteiger partial charge in [0.05, 0.1) is 0 Å². The van der Waals surface area contributed by atoms with Crippen molar-refractivity contribution in [3.63, 3.8) is 0 Å². The van der Waals surface area contributed by atoms with Gasteiger partial charge in [-0.2, -0.15) is 0 Å². The fourth-order valence-electron chi connectivity index (χ4n) is 1.32. The Morgan fingerprint density at radius 1 is 1.18 bits per heavy atom. The zero-order valence-corrected chi connectivity index (χ0v) is 10.4. The first-order valence-electron chi connectivity index (χ1n) is 5.63. The molecule has 0 rings (SSSR count). The summed E-state index contributed by atoms with van der Waals surface area (Å²) in [5, 5.41) is 11.2. The first-order chi connectivity index (χ1) is 7.93. The maximum absolute atomic E-state index is 11.4. The van der Waals surface area contributed by atoms with E-state index >= 15 is 0 Å². The number of carbonyl (C=O) groups excluding carboxylic acids is 2. The molecule has 6 nitrogen and oxygen atoms in total. The number of unbranched alkanes of at least 4 members (excludes halogenated alkanes) is 2. The Hall–Kier alpha value is -1.59. The summed E-state index contributed by atoms with van der Waals surface area (Å²) in [4.78, 5) is 33.5. The van der Waals surface area contributed by atoms with Gasteiger partial charge in [-0.05, 0) is 12.8 Å². The molecule has 0 aromatic rings. The second kappa shape index (κ2) is 8.55. The maximum Gasteiger partial charge on any atom is 0.323 e. The lowest BCUT2D eigenvalue weighted by Gasteiger charge is -2.14. The molecule has 6 heteroatoms. The highest BCUT2D eigenvalue weighted by Crippen LogP contribution is 2.01. The molecule has 0 aliphatic heterocycles. The number of nitrogens with zero attached hydrogens (tertiary/aromatic N) is 1. The van der Waals surface area contributed by atoms with Crippen LogP contribution in [0.2, 0.25) is 0 Å². The Kier molecular flexibility index (Phi) is 7.75. The molecule has 2 N–H and O–H groups in total. The monoisotopic (exact) mass is 244 g/mol. The van der Waals surface area contributed by atoms with E-state index < -0.39 is 5.97 Å². The maximum atomic E-state index is 11.4. The van der Waals surface area contributed by atoms with Crippen LogP contribution in [-0.4, -0.2) is 47.9 Å². The Bertz CT molecular complexity index is 279. The van der Waals surface area contributed by atoms with E-state index in [1.165, 1.54) is 18.9 Å². The predicted octanol–water partition coefficient (Wildman–Crippen LogP) is 0.226. The van der Waals surface area contributed by atoms with E-state index in [1.807, 2.05) is 0 Å². The van der Waals surface area contributed by atoms with Crippen LogP contribution in [-0.2, 0) is 14.4 Å². The van der Waals surface area contributed by atoms with Crippen LogP contribution in [0.15, 0.2) is 0 Å². The Labute approximate surface area is 101 Å². The van der Waals surface area contributed by atoms with Crippen molar-refractivity contribution in [3.8, 4) is 0 Å². The van der Waals surface area contributed by atoms with E-state index in [-0.39, 0.29) is 18.4 Å². The van der Waals surface area contributed by atoms with Crippen LogP contribution in [0.4, 0.5) is 0 Å². The first-order valence-corrected chi connectivity index (χ1v) is 5.63. The van der Waals surface area contributed by atoms with Gasteiger partial charge in [0, 0.05) is 26.9 Å². The van der Waals surface area contributed by atoms with Crippen molar-refractivity contribution < 1.29 is 19.5 Å². The van der Waals surface area contributed by atoms with Crippen LogP contribution in [0.5, 0.6) is 0 Å². The molecule has 0 unspecified atom stereocenters. The molecule has 2 amide bonds. The SMILES string of the molecule is CC(=O)NCCCCCC(=O)N(C)CC(=O)O. The third kappa shape index (κ3) is 9.35. The topological polar surface area (TPSA) is 86.7 Å². The summed E-state index contributed by atoms with van der Waals surface area (Å²) in [6.45, 7) is 1.82. The van der Waals surface area contributed by atoms with Gasteiger partial charge in [0.2, 0.25) is 11.8 Å². The van der Waals surface area contributed by atoms with Crippen molar-refractivity contribution in [2.45, 2.75) is 32.6 Å². The van der Waals surface area contributed by atoms with Gasteiger partial charge in [0.15, 0.2) is 0 Å². The summed E-state index contributed by atoms with van der Waals surface area (Å²) in [5.41, 5.74) is 0. The van der Waals surface area contributed by atoms with Crippen molar-refractivity contribution >= 4 is 17.8 Å². The van der Waals surface area contributed by atoms with E-state index in [0.717, 1.165) is 12.8 Å². The third-order valence-electron chi connectivity index (χ3n) is 2.24. The normalized spacial score (nSPS) is 9.76. The molecule has 0 aliphatic rings. The highest BCUT2D eigenvalue weighted by Gasteiger charge is 2.10. The van der Waals surface area contributed by atoms with Crippen molar-refractivity contribution in [1.29, 1.82) is 0 Å². The second-order valence-corrected chi connectivity index (χ2v) is 3.94. The number of likely N-dealkylation sites (N-methyl/N-ethyl adjacent to an activating group) is 1. The van der Waals surface area contributed by atoms with E-state index in [2.05, 4.69) is 5.32 Å². The summed E-state index contributed by atoms with van der Waals surface area (Å²) in [6, 6.07) is 0. The van der Waals surface area contributed by atoms with Crippen molar-refractivity contribution in [2.75, 3.05) is 20.1 Å². The van der Waals surface area contributed by atoms with E-state index in [4.69, 9.17) is 5.11 Å². The number of rotatable bonds is 8. The Morgan fingerprint density at radius 3 is 2.35 bits per heavy atom. The standard InChI is InChI=1S/C11H20N2O4/c1-9(14)12-7-5-3-4-6-10(15)13(2)8-11(16)17/h3-8H2,1-2H3,(H,12,14)(H,16,17). The van der Waals surface area contributed by atoms with Gasteiger partial charge in [-0.15, -0.1) is 0 Å². The number of hydrogen-bond acceptors (Lipinski definition) is 3. The zero-order chi connectivity index (χ0) is 13.3. The fourth-order valence-corrected chi connectivity index (χ4v) is 1.32. The Balaban J connectivity index is 3.51. The molecule has 0 aromatic carbocycles. The van der Waals surface area contributed by atoms with Crippen LogP contribution < -0.4 is 5.32 Å². The third-order valence-corrected chi connectivity index (χ3v) is 2.24. The number of amides is 2. The van der Waals surface area contributed by atoms with Crippen LogP contribution in [0.1, 0.15) is 32.6 Å². The summed E-state index contributed by atoms with van der Waals surface area (Å²) >= 11 is 0. The molecule has 0 saturated carbocycles. The van der Waals surface area contributed by atoms with Gasteiger partial charge >= 0.3 is 5.97 Å². The van der Waals surface area contributed by atoms with Gasteiger partial charge in [-0.1, -0.05) is 6.42 Å². The second-order valence-electron chi connectivity index (χ2n) is 3.94. The summed E-state index contributed by atoms with van der Waals surface area (Å²) in [7, 11) is 1.48. The molecular formula is C11H20N2O4. The van der Waals surface area contributed by atoms with Crippen molar-refractivity contribution in [3.05, 3.63) is 0 Å². The molecular weight excluding hydrogens is 224 g/mol. The molecule has 0 fully saturated rings. The fraction of sp³-hybridized carbons (Fsp3) is 0.727. The lowest BCUT2D eigenvalue weighted by Crippen LogP contribution is -2.31. The Morgan fingerprint density at radius 2 is 1.82 bits per heavy atom. The zero-order valence-electron chi connectivity index (χ0n) is 10.4. The smallest absolute Gasteiger partial charge is 0.323 e. The van der Waals surface area contributed by atoms with E-state index in [9.17, 15) is 14.4 Å². The number of carbonyl (C=O) groups is 3. The highest BCUT2D eigenvalue weighted by atomic mass is 16.4. The molecule has 0 saturated heterocycles. The molecule has 0 heterocycles. The quantitative estimate of drug-likeness (QED) is 0.598. The number of carboxylic acid groups (broad SMARTS) is 1. The number of nitrogens with one attached hydrogen (secondary N) is 1. The van der Waals surface area contributed by atoms with Gasteiger partial charge in [-0.25, -0.2) is 0 Å². The summed E-state index contributed by atoms with van der Waals surface area (Å²) in [5.74, 6) is -1.22. The van der Waals surface area contributed by atoms with Gasteiger partial charge in [0.25, 0.3) is 0 Å². The number of carboxylic acids is 1. The van der Waals surface area contributed by atoms with Crippen LogP contribution in [0, 0.1) is 0 Å². The molecule has 0 bridgehead atoms. The van der Waals surface area contributed by atoms with Crippen LogP contribution >= 0.6 is 0 Å². The molecule has 0 radical (unpaired) electrons. The van der Waals surface area contributed by atoms with Crippen LogP contribution in [0.25, 0.3) is 0 Å². The van der Waals surface area contributed by atoms with E-state index in [0.29, 0.717) is 19.4 Å². The minimum atomic E-state index is -1.01. The molecule has 0 spiro atoms. The van der Waals surface area contributed by atoms with Gasteiger partial charge < -0.3 is 15.3 Å². The largest absolute Gasteiger partial charge is 0.480 e. The van der Waals surface area contributed by atoms with Gasteiger partial charge in [-0.3, -0.25) is 14.4 Å². The van der Waals surface area contributed by atoms with Crippen LogP contribution in [0.3, 0.4) is 0 Å². The average Bonchev–Trinajstić information content (AvgIpc) is 2.21. The van der Waals surface area contributed by atoms with Crippen molar-refractivity contribution in [2.24, 2.45) is 0 Å². The van der Waals surface area contributed by atoms with Crippen molar-refractivity contribution in [1.82, 2.24) is 10.2 Å². The number of hydrogen-bond donors (Lipinski definition) is 2. The lowest BCUT2D eigenvalue weighted by atomic mass is 10.2. The first kappa shape index (κ1) is 15.4. The highest BCUT2D eigenvalue weighted by molar-refractivity contribution is 5.80. The minimum Gasteiger partial charge on any atom is -0.480 e. The minimum absolute atomic E-state index is 0.0535. The van der Waals surface area contributed by atoms with E-state index in [1.54, 1.807) is 0 Å². The average molecular weight is 244 g/mol. The molecule has 17 heavy (non-hydrogen) atoms. The summed E-state index contributed by atoms with van der Waals surface area (Å²) < 4.78 is 0. The molecule has 0 aromatic heterocycles. The molecule has 0 aliphatic carbocycles. The summed E-state index contributed by atoms with van der Waals surface area (Å²) in [6.07, 6.45) is 2.73. The lowest BCUT2D eigenvalue weighted by molar-refractivity contribution is -0.143. The molecule has 0 atom stereocenters. The molecule has 98 valence electrons.